The molecule has 0 saturated heterocycles. The third-order valence-corrected chi connectivity index (χ3v) is 4.12. The van der Waals surface area contributed by atoms with Crippen molar-refractivity contribution in [3.05, 3.63) is 28.3 Å². The van der Waals surface area contributed by atoms with Gasteiger partial charge in [0.05, 0.1) is 16.2 Å². The number of rotatable bonds is 5. The normalized spacial score (nSPS) is 25.4. The van der Waals surface area contributed by atoms with Gasteiger partial charge in [-0.3, -0.25) is 16.0 Å². The van der Waals surface area contributed by atoms with Crippen LogP contribution in [-0.4, -0.2) is 22.2 Å². The molecule has 7 nitrogen and oxygen atoms in total. The van der Waals surface area contributed by atoms with Crippen molar-refractivity contribution in [2.45, 2.75) is 38.2 Å². The molecule has 1 fully saturated rings. The van der Waals surface area contributed by atoms with Gasteiger partial charge in [0.1, 0.15) is 0 Å². The second-order valence-corrected chi connectivity index (χ2v) is 5.93. The molecule has 5 N–H and O–H groups in total. The highest BCUT2D eigenvalue weighted by molar-refractivity contribution is 5.63. The van der Waals surface area contributed by atoms with Gasteiger partial charge in [0.25, 0.3) is 5.69 Å². The van der Waals surface area contributed by atoms with Gasteiger partial charge in [-0.15, -0.1) is 0 Å². The molecule has 0 bridgehead atoms. The van der Waals surface area contributed by atoms with Crippen molar-refractivity contribution in [1.82, 2.24) is 0 Å². The summed E-state index contributed by atoms with van der Waals surface area (Å²) in [4.78, 5) is 10.4. The number of nitro benzene ring substituents is 1. The van der Waals surface area contributed by atoms with E-state index in [-0.39, 0.29) is 5.69 Å². The minimum absolute atomic E-state index is 0.0443. The van der Waals surface area contributed by atoms with Crippen LogP contribution in [0.25, 0.3) is 0 Å². The lowest BCUT2D eigenvalue weighted by Crippen LogP contribution is -2.40. The lowest BCUT2D eigenvalue weighted by molar-refractivity contribution is -0.384. The van der Waals surface area contributed by atoms with Gasteiger partial charge < -0.3 is 15.8 Å². The summed E-state index contributed by atoms with van der Waals surface area (Å²) >= 11 is 0. The fraction of sp³-hybridized carbons (Fsp3) is 0.571. The van der Waals surface area contributed by atoms with Gasteiger partial charge in [0, 0.05) is 24.4 Å². The summed E-state index contributed by atoms with van der Waals surface area (Å²) in [5.74, 6) is 5.97. The van der Waals surface area contributed by atoms with Gasteiger partial charge in [-0.25, -0.2) is 0 Å². The van der Waals surface area contributed by atoms with E-state index in [9.17, 15) is 15.2 Å². The summed E-state index contributed by atoms with van der Waals surface area (Å²) in [6.07, 6.45) is 3.50. The van der Waals surface area contributed by atoms with Crippen molar-refractivity contribution in [2.75, 3.05) is 17.3 Å². The number of benzene rings is 1. The maximum atomic E-state index is 10.9. The molecular weight excluding hydrogens is 272 g/mol. The minimum atomic E-state index is -0.743. The van der Waals surface area contributed by atoms with Crippen LogP contribution in [0.3, 0.4) is 0 Å². The first-order valence-electron chi connectivity index (χ1n) is 7.14. The van der Waals surface area contributed by atoms with E-state index >= 15 is 0 Å². The molecule has 7 heteroatoms. The Labute approximate surface area is 123 Å². The molecule has 1 aromatic rings. The first kappa shape index (κ1) is 15.5. The van der Waals surface area contributed by atoms with E-state index in [1.165, 1.54) is 12.1 Å². The fourth-order valence-electron chi connectivity index (χ4n) is 2.64. The van der Waals surface area contributed by atoms with E-state index < -0.39 is 10.5 Å². The highest BCUT2D eigenvalue weighted by Crippen LogP contribution is 2.32. The maximum absolute atomic E-state index is 10.9. The van der Waals surface area contributed by atoms with Crippen LogP contribution in [0.15, 0.2) is 18.2 Å². The second-order valence-electron chi connectivity index (χ2n) is 5.93. The molecule has 0 aromatic heterocycles. The molecule has 0 atom stereocenters. The van der Waals surface area contributed by atoms with Crippen molar-refractivity contribution in [2.24, 2.45) is 11.8 Å². The predicted octanol–water partition coefficient (Wildman–Crippen LogP) is 2.23. The van der Waals surface area contributed by atoms with Gasteiger partial charge in [0.15, 0.2) is 0 Å². The van der Waals surface area contributed by atoms with E-state index in [2.05, 4.69) is 17.7 Å². The zero-order valence-corrected chi connectivity index (χ0v) is 12.1. The molecule has 1 aromatic carbocycles. The van der Waals surface area contributed by atoms with Gasteiger partial charge >= 0.3 is 0 Å². The third kappa shape index (κ3) is 4.05. The first-order chi connectivity index (χ1) is 9.92. The number of anilines is 2. The van der Waals surface area contributed by atoms with Crippen molar-refractivity contribution in [1.29, 1.82) is 0 Å². The molecule has 0 amide bonds. The van der Waals surface area contributed by atoms with E-state index in [1.807, 2.05) is 0 Å². The molecule has 21 heavy (non-hydrogen) atoms. The number of hydrogen-bond acceptors (Lipinski definition) is 6. The summed E-state index contributed by atoms with van der Waals surface area (Å²) in [5.41, 5.74) is 2.65. The third-order valence-electron chi connectivity index (χ3n) is 4.12. The molecule has 1 aliphatic carbocycles. The van der Waals surface area contributed by atoms with Gasteiger partial charge in [-0.2, -0.15) is 0 Å². The lowest BCUT2D eigenvalue weighted by atomic mass is 9.79. The fourth-order valence-corrected chi connectivity index (χ4v) is 2.64. The van der Waals surface area contributed by atoms with Crippen LogP contribution in [0.5, 0.6) is 0 Å². The van der Waals surface area contributed by atoms with E-state index in [0.717, 1.165) is 25.7 Å². The summed E-state index contributed by atoms with van der Waals surface area (Å²) < 4.78 is 0. The Morgan fingerprint density at radius 2 is 2.00 bits per heavy atom. The van der Waals surface area contributed by atoms with Gasteiger partial charge in [-0.05, 0) is 37.7 Å². The van der Waals surface area contributed by atoms with Crippen LogP contribution in [0, 0.1) is 16.0 Å². The summed E-state index contributed by atoms with van der Waals surface area (Å²) in [5, 5.41) is 24.5. The Balaban J connectivity index is 2.05. The summed E-state index contributed by atoms with van der Waals surface area (Å²) in [7, 11) is 0. The predicted molar refractivity (Wildman–Crippen MR) is 82.0 cm³/mol. The van der Waals surface area contributed by atoms with Crippen LogP contribution >= 0.6 is 0 Å². The molecule has 0 radical (unpaired) electrons. The number of hydrogen-bond donors (Lipinski definition) is 4. The summed E-state index contributed by atoms with van der Waals surface area (Å²) in [6, 6.07) is 4.49. The number of aliphatic hydroxyl groups is 1. The highest BCUT2D eigenvalue weighted by Gasteiger charge is 2.31. The Morgan fingerprint density at radius 1 is 1.38 bits per heavy atom. The number of nitrogens with two attached hydrogens (primary N) is 1. The number of hydrazine groups is 1. The molecule has 116 valence electrons. The van der Waals surface area contributed by atoms with Crippen LogP contribution in [-0.2, 0) is 0 Å². The Hall–Kier alpha value is -1.86. The number of nitrogen functional groups attached to an aromatic ring is 1. The quantitative estimate of drug-likeness (QED) is 0.376. The van der Waals surface area contributed by atoms with Crippen molar-refractivity contribution in [3.8, 4) is 0 Å². The zero-order valence-electron chi connectivity index (χ0n) is 12.1. The van der Waals surface area contributed by atoms with E-state index in [1.54, 1.807) is 6.07 Å². The smallest absolute Gasteiger partial charge is 0.273 e. The number of nitro groups is 1. The Morgan fingerprint density at radius 3 is 2.57 bits per heavy atom. The molecule has 1 aliphatic rings. The van der Waals surface area contributed by atoms with Gasteiger partial charge in [0.2, 0.25) is 0 Å². The lowest BCUT2D eigenvalue weighted by Gasteiger charge is -2.35. The molecule has 2 rings (SSSR count). The van der Waals surface area contributed by atoms with Crippen LogP contribution in [0.4, 0.5) is 17.1 Å². The van der Waals surface area contributed by atoms with E-state index in [0.29, 0.717) is 23.8 Å². The Kier molecular flexibility index (Phi) is 4.64. The number of non-ortho nitro benzene ring substituents is 1. The van der Waals surface area contributed by atoms with Crippen LogP contribution < -0.4 is 16.6 Å². The standard InChI is InChI=1S/C14H22N4O3/c1-10-2-4-14(19,5-3-10)9-16-11-6-12(17-15)8-13(7-11)18(20)21/h6-8,10,16-17,19H,2-5,9,15H2,1H3. The first-order valence-corrected chi connectivity index (χ1v) is 7.14. The average molecular weight is 294 g/mol. The maximum Gasteiger partial charge on any atom is 0.273 e. The van der Waals surface area contributed by atoms with Crippen molar-refractivity contribution < 1.29 is 10.0 Å². The molecule has 1 saturated carbocycles. The monoisotopic (exact) mass is 294 g/mol. The van der Waals surface area contributed by atoms with E-state index in [4.69, 9.17) is 5.84 Å². The Bertz CT molecular complexity index is 513. The average Bonchev–Trinajstić information content (AvgIpc) is 2.48. The van der Waals surface area contributed by atoms with Crippen molar-refractivity contribution >= 4 is 17.1 Å². The zero-order chi connectivity index (χ0) is 15.5. The number of nitrogens with zero attached hydrogens (tertiary/aromatic N) is 1. The molecule has 0 aliphatic heterocycles. The molecule has 0 unspecified atom stereocenters. The molecule has 0 spiro atoms. The van der Waals surface area contributed by atoms with Gasteiger partial charge in [-0.1, -0.05) is 6.92 Å². The minimum Gasteiger partial charge on any atom is -0.388 e. The second kappa shape index (κ2) is 6.28. The molecular formula is C14H22N4O3. The van der Waals surface area contributed by atoms with Crippen LogP contribution in [0.1, 0.15) is 32.6 Å². The highest BCUT2D eigenvalue weighted by atomic mass is 16.6. The largest absolute Gasteiger partial charge is 0.388 e. The topological polar surface area (TPSA) is 113 Å². The molecule has 0 heterocycles. The SMILES string of the molecule is CC1CCC(O)(CNc2cc(NN)cc([N+](=O)[O-])c2)CC1. The number of nitrogens with one attached hydrogen (secondary N) is 2. The summed E-state index contributed by atoms with van der Waals surface area (Å²) in [6.45, 7) is 2.57. The van der Waals surface area contributed by atoms with Crippen molar-refractivity contribution in [3.63, 3.8) is 0 Å². The van der Waals surface area contributed by atoms with Crippen LogP contribution in [0.2, 0.25) is 0 Å².